The van der Waals surface area contributed by atoms with Crippen molar-refractivity contribution >= 4 is 5.69 Å². The molecule has 1 aromatic rings. The van der Waals surface area contributed by atoms with Crippen LogP contribution in [0.2, 0.25) is 0 Å². The minimum atomic E-state index is 0.640. The summed E-state index contributed by atoms with van der Waals surface area (Å²) in [5, 5.41) is 12.6. The van der Waals surface area contributed by atoms with Crippen LogP contribution in [0.5, 0.6) is 0 Å². The Balaban J connectivity index is 1.85. The first kappa shape index (κ1) is 14.4. The maximum Gasteiger partial charge on any atom is 0.101 e. The molecular weight excluding hydrogens is 260 g/mol. The van der Waals surface area contributed by atoms with E-state index in [1.165, 1.54) is 24.8 Å². The van der Waals surface area contributed by atoms with Crippen molar-refractivity contribution in [1.82, 2.24) is 10.2 Å². The molecule has 21 heavy (non-hydrogen) atoms. The van der Waals surface area contributed by atoms with E-state index in [9.17, 15) is 5.26 Å². The predicted molar refractivity (Wildman–Crippen MR) is 85.3 cm³/mol. The molecule has 0 aromatic heterocycles. The second kappa shape index (κ2) is 6.05. The number of likely N-dealkylation sites (N-methyl/N-ethyl adjacent to an activating group) is 1. The van der Waals surface area contributed by atoms with Crippen molar-refractivity contribution in [3.63, 3.8) is 0 Å². The highest BCUT2D eigenvalue weighted by atomic mass is 15.3. The lowest BCUT2D eigenvalue weighted by molar-refractivity contribution is 0.254. The number of anilines is 1. The quantitative estimate of drug-likeness (QED) is 0.921. The van der Waals surface area contributed by atoms with Crippen molar-refractivity contribution in [3.05, 3.63) is 29.3 Å². The highest BCUT2D eigenvalue weighted by molar-refractivity contribution is 5.60. The first-order valence-electron chi connectivity index (χ1n) is 7.87. The van der Waals surface area contributed by atoms with Gasteiger partial charge < -0.3 is 10.2 Å². The summed E-state index contributed by atoms with van der Waals surface area (Å²) in [6.45, 7) is 2.92. The van der Waals surface area contributed by atoms with Crippen molar-refractivity contribution in [2.24, 2.45) is 0 Å². The summed E-state index contributed by atoms with van der Waals surface area (Å²) in [5.41, 5.74) is 3.09. The Kier molecular flexibility index (Phi) is 4.14. The molecule has 2 unspecified atom stereocenters. The van der Waals surface area contributed by atoms with Gasteiger partial charge in [0, 0.05) is 31.7 Å². The van der Waals surface area contributed by atoms with Crippen LogP contribution in [0.15, 0.2) is 18.2 Å². The maximum atomic E-state index is 9.49. The van der Waals surface area contributed by atoms with E-state index < -0.39 is 0 Å². The van der Waals surface area contributed by atoms with Crippen molar-refractivity contribution in [1.29, 1.82) is 5.26 Å². The lowest BCUT2D eigenvalue weighted by Crippen LogP contribution is -2.36. The lowest BCUT2D eigenvalue weighted by Gasteiger charge is -2.28. The molecule has 112 valence electrons. The number of nitriles is 1. The molecule has 0 saturated carbocycles. The molecule has 2 bridgehead atoms. The molecule has 2 atom stereocenters. The fourth-order valence-corrected chi connectivity index (χ4v) is 3.79. The Morgan fingerprint density at radius 2 is 2.10 bits per heavy atom. The van der Waals surface area contributed by atoms with Gasteiger partial charge in [0.15, 0.2) is 0 Å². The van der Waals surface area contributed by atoms with Gasteiger partial charge in [-0.3, -0.25) is 4.90 Å². The Bertz CT molecular complexity index is 548. The smallest absolute Gasteiger partial charge is 0.101 e. The van der Waals surface area contributed by atoms with Crippen LogP contribution in [0.25, 0.3) is 0 Å². The minimum Gasteiger partial charge on any atom is -0.369 e. The van der Waals surface area contributed by atoms with Gasteiger partial charge in [-0.25, -0.2) is 0 Å². The van der Waals surface area contributed by atoms with Crippen LogP contribution in [0, 0.1) is 11.3 Å². The van der Waals surface area contributed by atoms with Gasteiger partial charge in [-0.1, -0.05) is 6.07 Å². The predicted octanol–water partition coefficient (Wildman–Crippen LogP) is 1.95. The van der Waals surface area contributed by atoms with Gasteiger partial charge in [0.05, 0.1) is 11.3 Å². The van der Waals surface area contributed by atoms with Crippen LogP contribution < -0.4 is 10.2 Å². The third-order valence-corrected chi connectivity index (χ3v) is 5.05. The zero-order valence-corrected chi connectivity index (χ0v) is 13.0. The number of rotatable bonds is 3. The number of hydrogen-bond acceptors (Lipinski definition) is 4. The first-order chi connectivity index (χ1) is 10.2. The van der Waals surface area contributed by atoms with Crippen LogP contribution in [0.4, 0.5) is 5.69 Å². The zero-order chi connectivity index (χ0) is 14.8. The fourth-order valence-electron chi connectivity index (χ4n) is 3.79. The third kappa shape index (κ3) is 2.76. The van der Waals surface area contributed by atoms with E-state index in [2.05, 4.69) is 40.4 Å². The summed E-state index contributed by atoms with van der Waals surface area (Å²) in [6, 6.07) is 10.0. The van der Waals surface area contributed by atoms with E-state index in [1.54, 1.807) is 0 Å². The Morgan fingerprint density at radius 3 is 2.86 bits per heavy atom. The lowest BCUT2D eigenvalue weighted by atomic mass is 10.0. The molecule has 2 heterocycles. The van der Waals surface area contributed by atoms with Gasteiger partial charge in [0.2, 0.25) is 0 Å². The molecule has 0 radical (unpaired) electrons. The zero-order valence-electron chi connectivity index (χ0n) is 13.0. The van der Waals surface area contributed by atoms with Gasteiger partial charge in [0.25, 0.3) is 0 Å². The topological polar surface area (TPSA) is 42.3 Å². The van der Waals surface area contributed by atoms with E-state index in [-0.39, 0.29) is 0 Å². The van der Waals surface area contributed by atoms with Gasteiger partial charge in [-0.15, -0.1) is 0 Å². The highest BCUT2D eigenvalue weighted by Crippen LogP contribution is 2.32. The fraction of sp³-hybridized carbons (Fsp3) is 0.588. The average molecular weight is 284 g/mol. The first-order valence-corrected chi connectivity index (χ1v) is 7.87. The standard InChI is InChI=1S/C17H24N4/c1-19-11-13-3-6-17(14(9-13)10-18)21-8-7-15-4-5-16(12-21)20(15)2/h3,6,9,15-16,19H,4-5,7-8,11-12H2,1-2H3. The van der Waals surface area contributed by atoms with Crippen LogP contribution in [-0.4, -0.2) is 44.2 Å². The molecule has 2 saturated heterocycles. The molecule has 2 aliphatic rings. The highest BCUT2D eigenvalue weighted by Gasteiger charge is 2.35. The molecule has 0 aliphatic carbocycles. The molecule has 4 nitrogen and oxygen atoms in total. The summed E-state index contributed by atoms with van der Waals surface area (Å²) in [6.07, 6.45) is 3.83. The number of nitrogens with one attached hydrogen (secondary N) is 1. The van der Waals surface area contributed by atoms with Gasteiger partial charge >= 0.3 is 0 Å². The van der Waals surface area contributed by atoms with Crippen molar-refractivity contribution in [3.8, 4) is 6.07 Å². The van der Waals surface area contributed by atoms with Crippen LogP contribution in [0.1, 0.15) is 30.4 Å². The largest absolute Gasteiger partial charge is 0.369 e. The van der Waals surface area contributed by atoms with E-state index >= 15 is 0 Å². The molecule has 1 aromatic carbocycles. The second-order valence-corrected chi connectivity index (χ2v) is 6.28. The summed E-state index contributed by atoms with van der Waals surface area (Å²) >= 11 is 0. The Labute approximate surface area is 127 Å². The SMILES string of the molecule is CNCc1ccc(N2CCC3CCC(C2)N3C)c(C#N)c1. The number of benzene rings is 1. The van der Waals surface area contributed by atoms with Crippen LogP contribution in [-0.2, 0) is 6.54 Å². The van der Waals surface area contributed by atoms with Gasteiger partial charge in [-0.2, -0.15) is 5.26 Å². The van der Waals surface area contributed by atoms with E-state index in [0.29, 0.717) is 6.04 Å². The second-order valence-electron chi connectivity index (χ2n) is 6.28. The number of fused-ring (bicyclic) bond motifs is 2. The van der Waals surface area contributed by atoms with E-state index in [1.807, 2.05) is 13.1 Å². The molecule has 2 fully saturated rings. The van der Waals surface area contributed by atoms with E-state index in [0.717, 1.165) is 36.9 Å². The summed E-state index contributed by atoms with van der Waals surface area (Å²) < 4.78 is 0. The van der Waals surface area contributed by atoms with Crippen LogP contribution in [0.3, 0.4) is 0 Å². The van der Waals surface area contributed by atoms with Crippen molar-refractivity contribution < 1.29 is 0 Å². The molecule has 0 spiro atoms. The van der Waals surface area contributed by atoms with Crippen molar-refractivity contribution in [2.75, 3.05) is 32.1 Å². The molecule has 3 rings (SSSR count). The normalized spacial score (nSPS) is 25.7. The monoisotopic (exact) mass is 284 g/mol. The molecule has 0 amide bonds. The summed E-state index contributed by atoms with van der Waals surface area (Å²) in [7, 11) is 4.19. The summed E-state index contributed by atoms with van der Waals surface area (Å²) in [4.78, 5) is 4.96. The van der Waals surface area contributed by atoms with Crippen molar-refractivity contribution in [2.45, 2.75) is 37.9 Å². The molecular formula is C17H24N4. The molecule has 1 N–H and O–H groups in total. The molecule has 2 aliphatic heterocycles. The number of nitrogens with zero attached hydrogens (tertiary/aromatic N) is 3. The van der Waals surface area contributed by atoms with Gasteiger partial charge in [-0.05, 0) is 51.1 Å². The maximum absolute atomic E-state index is 9.49. The molecule has 4 heteroatoms. The van der Waals surface area contributed by atoms with Gasteiger partial charge in [0.1, 0.15) is 6.07 Å². The summed E-state index contributed by atoms with van der Waals surface area (Å²) in [5.74, 6) is 0. The average Bonchev–Trinajstić information content (AvgIpc) is 2.73. The Hall–Kier alpha value is -1.57. The minimum absolute atomic E-state index is 0.640. The number of hydrogen-bond donors (Lipinski definition) is 1. The van der Waals surface area contributed by atoms with Crippen LogP contribution >= 0.6 is 0 Å². The Morgan fingerprint density at radius 1 is 1.29 bits per heavy atom. The van der Waals surface area contributed by atoms with E-state index in [4.69, 9.17) is 0 Å². The third-order valence-electron chi connectivity index (χ3n) is 5.05.